The average Bonchev–Trinajstić information content (AvgIpc) is 2.01. The van der Waals surface area contributed by atoms with Crippen molar-refractivity contribution in [2.24, 2.45) is 5.73 Å². The van der Waals surface area contributed by atoms with E-state index >= 15 is 0 Å². The SMILES string of the molecule is [2H]c1nc([2H])c([2H])c(C(N)=O)c1[2H]. The lowest BCUT2D eigenvalue weighted by molar-refractivity contribution is 0.1000. The van der Waals surface area contributed by atoms with Crippen molar-refractivity contribution in [2.45, 2.75) is 0 Å². The number of carbonyl (C=O) groups excluding carboxylic acids is 1. The van der Waals surface area contributed by atoms with Crippen LogP contribution in [0.5, 0.6) is 0 Å². The van der Waals surface area contributed by atoms with Gasteiger partial charge in [0.2, 0.25) is 5.91 Å². The molecule has 0 unspecified atom stereocenters. The van der Waals surface area contributed by atoms with E-state index in [4.69, 9.17) is 11.2 Å². The Morgan fingerprint density at radius 3 is 2.67 bits per heavy atom. The molecule has 3 nitrogen and oxygen atoms in total. The highest BCUT2D eigenvalue weighted by atomic mass is 16.1. The average molecular weight is 126 g/mol. The van der Waals surface area contributed by atoms with Gasteiger partial charge in [-0.25, -0.2) is 0 Å². The number of carbonyl (C=O) groups is 1. The molecular formula is C6H6N2O. The third-order valence-corrected chi connectivity index (χ3v) is 0.720. The number of pyridine rings is 1. The number of nitrogens with two attached hydrogens (primary N) is 1. The molecule has 46 valence electrons. The zero-order valence-electron chi connectivity index (χ0n) is 8.43. The molecule has 1 aromatic rings. The summed E-state index contributed by atoms with van der Waals surface area (Å²) < 4.78 is 28.6. The Hall–Kier alpha value is -1.38. The molecule has 1 rings (SSSR count). The summed E-state index contributed by atoms with van der Waals surface area (Å²) in [6.45, 7) is 0. The van der Waals surface area contributed by atoms with Gasteiger partial charge in [0.25, 0.3) is 0 Å². The van der Waals surface area contributed by atoms with Crippen molar-refractivity contribution in [3.8, 4) is 0 Å². The second-order valence-corrected chi connectivity index (χ2v) is 1.32. The van der Waals surface area contributed by atoms with Gasteiger partial charge in [-0.15, -0.1) is 0 Å². The van der Waals surface area contributed by atoms with Crippen molar-refractivity contribution in [3.63, 3.8) is 0 Å². The van der Waals surface area contributed by atoms with Crippen molar-refractivity contribution >= 4 is 5.91 Å². The molecule has 0 aliphatic carbocycles. The molecule has 0 radical (unpaired) electrons. The first-order valence-corrected chi connectivity index (χ1v) is 2.19. The van der Waals surface area contributed by atoms with E-state index in [2.05, 4.69) is 4.98 Å². The fourth-order valence-electron chi connectivity index (χ4n) is 0.350. The maximum atomic E-state index is 10.7. The van der Waals surface area contributed by atoms with Crippen molar-refractivity contribution in [3.05, 3.63) is 30.0 Å². The Morgan fingerprint density at radius 1 is 1.67 bits per heavy atom. The van der Waals surface area contributed by atoms with Crippen LogP contribution in [0.2, 0.25) is 0 Å². The number of aromatic nitrogens is 1. The third kappa shape index (κ3) is 1.25. The summed E-state index contributed by atoms with van der Waals surface area (Å²) in [6.07, 6.45) is -1.04. The van der Waals surface area contributed by atoms with Gasteiger partial charge in [-0.3, -0.25) is 9.78 Å². The number of primary amides is 1. The lowest BCUT2D eigenvalue weighted by Crippen LogP contribution is -2.10. The molecule has 3 heteroatoms. The van der Waals surface area contributed by atoms with Crippen molar-refractivity contribution in [2.75, 3.05) is 0 Å². The lowest BCUT2D eigenvalue weighted by Gasteiger charge is -1.88. The van der Waals surface area contributed by atoms with Crippen LogP contribution in [0.1, 0.15) is 15.8 Å². The van der Waals surface area contributed by atoms with E-state index in [1.165, 1.54) is 0 Å². The number of nitrogens with zero attached hydrogens (tertiary/aromatic N) is 1. The molecule has 0 aliphatic heterocycles. The summed E-state index contributed by atoms with van der Waals surface area (Å²) in [6, 6.07) is -1.01. The third-order valence-electron chi connectivity index (χ3n) is 0.720. The Bertz CT molecular complexity index is 353. The monoisotopic (exact) mass is 126 g/mol. The molecule has 0 spiro atoms. The molecule has 2 N–H and O–H groups in total. The summed E-state index contributed by atoms with van der Waals surface area (Å²) in [5, 5.41) is 0. The first-order chi connectivity index (χ1) is 5.95. The molecule has 1 aromatic heterocycles. The topological polar surface area (TPSA) is 56.0 Å². The maximum absolute atomic E-state index is 10.7. The van der Waals surface area contributed by atoms with Crippen LogP contribution in [0.25, 0.3) is 0 Å². The van der Waals surface area contributed by atoms with Gasteiger partial charge in [0.05, 0.1) is 5.48 Å². The predicted molar refractivity (Wildman–Crippen MR) is 32.8 cm³/mol. The van der Waals surface area contributed by atoms with E-state index in [0.717, 1.165) is 0 Å². The molecule has 1 amide bonds. The quantitative estimate of drug-likeness (QED) is 0.583. The van der Waals surface area contributed by atoms with Crippen LogP contribution in [0.3, 0.4) is 0 Å². The van der Waals surface area contributed by atoms with E-state index in [-0.39, 0.29) is 0 Å². The van der Waals surface area contributed by atoms with Gasteiger partial charge < -0.3 is 5.73 Å². The lowest BCUT2D eigenvalue weighted by atomic mass is 10.3. The smallest absolute Gasteiger partial charge is 0.248 e. The van der Waals surface area contributed by atoms with Gasteiger partial charge in [-0.1, -0.05) is 0 Å². The van der Waals surface area contributed by atoms with Crippen LogP contribution in [0.4, 0.5) is 0 Å². The van der Waals surface area contributed by atoms with E-state index in [1.807, 2.05) is 0 Å². The first-order valence-electron chi connectivity index (χ1n) is 4.19. The Labute approximate surface area is 58.1 Å². The minimum absolute atomic E-state index is 0.426. The van der Waals surface area contributed by atoms with E-state index in [1.54, 1.807) is 0 Å². The Morgan fingerprint density at radius 2 is 2.22 bits per heavy atom. The Kier molecular flexibility index (Phi) is 0.621. The van der Waals surface area contributed by atoms with Crippen LogP contribution in [-0.2, 0) is 0 Å². The number of hydrogen-bond donors (Lipinski definition) is 1. The second-order valence-electron chi connectivity index (χ2n) is 1.32. The number of amides is 1. The van der Waals surface area contributed by atoms with Gasteiger partial charge in [-0.2, -0.15) is 0 Å². The van der Waals surface area contributed by atoms with Crippen LogP contribution < -0.4 is 5.73 Å². The van der Waals surface area contributed by atoms with Gasteiger partial charge >= 0.3 is 0 Å². The highest BCUT2D eigenvalue weighted by Gasteiger charge is 1.94. The minimum atomic E-state index is -0.987. The molecule has 0 atom stereocenters. The summed E-state index contributed by atoms with van der Waals surface area (Å²) in [7, 11) is 0. The van der Waals surface area contributed by atoms with Crippen LogP contribution >= 0.6 is 0 Å². The molecule has 0 fully saturated rings. The van der Waals surface area contributed by atoms with Crippen molar-refractivity contribution < 1.29 is 10.3 Å². The highest BCUT2D eigenvalue weighted by molar-refractivity contribution is 5.92. The maximum Gasteiger partial charge on any atom is 0.248 e. The van der Waals surface area contributed by atoms with E-state index < -0.39 is 35.9 Å². The van der Waals surface area contributed by atoms with Gasteiger partial charge in [-0.05, 0) is 12.1 Å². The molecule has 0 bridgehead atoms. The van der Waals surface area contributed by atoms with Crippen LogP contribution in [0, 0.1) is 0 Å². The van der Waals surface area contributed by atoms with Crippen LogP contribution in [0.15, 0.2) is 24.4 Å². The minimum Gasteiger partial charge on any atom is -0.366 e. The van der Waals surface area contributed by atoms with Crippen molar-refractivity contribution in [1.82, 2.24) is 4.98 Å². The number of rotatable bonds is 1. The molecular weight excluding hydrogens is 116 g/mol. The van der Waals surface area contributed by atoms with Crippen LogP contribution in [-0.4, -0.2) is 10.9 Å². The molecule has 1 heterocycles. The standard InChI is InChI=1S/C6H6N2O/c7-6(9)5-1-3-8-4-2-5/h1-4H,(H2,7,9)/i1D,2D,3D,4D. The van der Waals surface area contributed by atoms with Crippen molar-refractivity contribution in [1.29, 1.82) is 0 Å². The molecule has 9 heavy (non-hydrogen) atoms. The van der Waals surface area contributed by atoms with Gasteiger partial charge in [0.15, 0.2) is 0 Å². The summed E-state index contributed by atoms with van der Waals surface area (Å²) >= 11 is 0. The van der Waals surface area contributed by atoms with E-state index in [0.29, 0.717) is 0 Å². The summed E-state index contributed by atoms with van der Waals surface area (Å²) in [5.41, 5.74) is 4.45. The predicted octanol–water partition coefficient (Wildman–Crippen LogP) is 0.181. The fourth-order valence-corrected chi connectivity index (χ4v) is 0.350. The van der Waals surface area contributed by atoms with Gasteiger partial charge in [0, 0.05) is 17.9 Å². The molecule has 0 saturated heterocycles. The van der Waals surface area contributed by atoms with Gasteiger partial charge in [0.1, 0.15) is 0 Å². The summed E-state index contributed by atoms with van der Waals surface area (Å²) in [5.74, 6) is -0.987. The fraction of sp³-hybridized carbons (Fsp3) is 0. The normalized spacial score (nSPS) is 15.1. The molecule has 0 aromatic carbocycles. The molecule has 0 aliphatic rings. The van der Waals surface area contributed by atoms with E-state index in [9.17, 15) is 4.79 Å². The number of hydrogen-bond acceptors (Lipinski definition) is 2. The highest BCUT2D eigenvalue weighted by Crippen LogP contribution is 1.91. The second kappa shape index (κ2) is 2.26. The summed E-state index contributed by atoms with van der Waals surface area (Å²) in [4.78, 5) is 14.0. The largest absolute Gasteiger partial charge is 0.366 e. The Balaban J connectivity index is 3.56. The zero-order valence-corrected chi connectivity index (χ0v) is 4.43. The molecule has 0 saturated carbocycles. The first kappa shape index (κ1) is 2.47. The zero-order chi connectivity index (χ0) is 10.2.